The highest BCUT2D eigenvalue weighted by Crippen LogP contribution is 2.36. The molecular weight excluding hydrogens is 464 g/mol. The molecule has 1 N–H and O–H groups in total. The van der Waals surface area contributed by atoms with Crippen molar-refractivity contribution >= 4 is 14.3 Å². The molecule has 10 nitrogen and oxygen atoms in total. The second kappa shape index (κ2) is 21.6. The summed E-state index contributed by atoms with van der Waals surface area (Å²) in [5.74, 6) is -0.868. The van der Waals surface area contributed by atoms with Gasteiger partial charge >= 0.3 is 5.97 Å². The number of ether oxygens (including phenoxy) is 7. The van der Waals surface area contributed by atoms with Crippen LogP contribution in [0.3, 0.4) is 0 Å². The number of hydrogen-bond acceptors (Lipinski definition) is 9. The molecule has 0 aliphatic rings. The predicted molar refractivity (Wildman–Crippen MR) is 131 cm³/mol. The molecule has 0 heterocycles. The van der Waals surface area contributed by atoms with Gasteiger partial charge in [-0.25, -0.2) is 0 Å². The van der Waals surface area contributed by atoms with Crippen molar-refractivity contribution in [2.45, 2.75) is 45.3 Å². The van der Waals surface area contributed by atoms with Crippen molar-refractivity contribution in [3.8, 4) is 0 Å². The Hall–Kier alpha value is -0.633. The van der Waals surface area contributed by atoms with E-state index >= 15 is 0 Å². The molecule has 0 rings (SSSR count). The van der Waals surface area contributed by atoms with E-state index in [9.17, 15) is 4.79 Å². The summed E-state index contributed by atoms with van der Waals surface area (Å²) >= 11 is 0. The molecule has 0 bridgehead atoms. The maximum atomic E-state index is 10.3. The van der Waals surface area contributed by atoms with Crippen molar-refractivity contribution in [3.63, 3.8) is 0 Å². The minimum absolute atomic E-state index is 0.00592. The molecule has 34 heavy (non-hydrogen) atoms. The first-order valence-electron chi connectivity index (χ1n) is 12.1. The first kappa shape index (κ1) is 33.4. The largest absolute Gasteiger partial charge is 0.481 e. The van der Waals surface area contributed by atoms with Gasteiger partial charge in [-0.05, 0) is 18.1 Å². The third kappa shape index (κ3) is 21.9. The van der Waals surface area contributed by atoms with Crippen LogP contribution in [0.5, 0.6) is 0 Å². The van der Waals surface area contributed by atoms with Gasteiger partial charge < -0.3 is 42.7 Å². The minimum Gasteiger partial charge on any atom is -0.481 e. The van der Waals surface area contributed by atoms with E-state index in [-0.39, 0.29) is 18.1 Å². The van der Waals surface area contributed by atoms with Crippen LogP contribution >= 0.6 is 0 Å². The highest BCUT2D eigenvalue weighted by molar-refractivity contribution is 6.74. The fourth-order valence-electron chi connectivity index (χ4n) is 2.15. The third-order valence-corrected chi connectivity index (χ3v) is 9.73. The van der Waals surface area contributed by atoms with E-state index in [0.717, 1.165) is 0 Å². The van der Waals surface area contributed by atoms with Crippen LogP contribution in [0.4, 0.5) is 0 Å². The third-order valence-electron chi connectivity index (χ3n) is 5.19. The van der Waals surface area contributed by atoms with Crippen LogP contribution in [0.25, 0.3) is 0 Å². The van der Waals surface area contributed by atoms with Gasteiger partial charge in [0.2, 0.25) is 0 Å². The van der Waals surface area contributed by atoms with Crippen molar-refractivity contribution < 1.29 is 47.5 Å². The zero-order valence-electron chi connectivity index (χ0n) is 21.9. The fourth-order valence-corrected chi connectivity index (χ4v) is 3.18. The molecule has 0 fully saturated rings. The maximum absolute atomic E-state index is 10.3. The van der Waals surface area contributed by atoms with Crippen LogP contribution in [0, 0.1) is 0 Å². The van der Waals surface area contributed by atoms with Crippen molar-refractivity contribution in [1.82, 2.24) is 0 Å². The monoisotopic (exact) mass is 512 g/mol. The Morgan fingerprint density at radius 2 is 0.824 bits per heavy atom. The molecule has 11 heteroatoms. The number of aliphatic carboxylic acids is 1. The van der Waals surface area contributed by atoms with Gasteiger partial charge in [-0.15, -0.1) is 0 Å². The lowest BCUT2D eigenvalue weighted by molar-refractivity contribution is -0.138. The van der Waals surface area contributed by atoms with Crippen LogP contribution in [-0.4, -0.2) is 118 Å². The fraction of sp³-hybridized carbons (Fsp3) is 0.957. The van der Waals surface area contributed by atoms with Gasteiger partial charge in [0.1, 0.15) is 0 Å². The molecule has 0 radical (unpaired) electrons. The highest BCUT2D eigenvalue weighted by atomic mass is 28.4. The van der Waals surface area contributed by atoms with Crippen molar-refractivity contribution in [1.29, 1.82) is 0 Å². The molecule has 0 amide bonds. The Balaban J connectivity index is 3.16. The van der Waals surface area contributed by atoms with Crippen molar-refractivity contribution in [2.24, 2.45) is 0 Å². The summed E-state index contributed by atoms with van der Waals surface area (Å²) in [6.45, 7) is 18.4. The predicted octanol–water partition coefficient (Wildman–Crippen LogP) is 2.60. The highest BCUT2D eigenvalue weighted by Gasteiger charge is 2.36. The molecule has 0 aromatic heterocycles. The van der Waals surface area contributed by atoms with E-state index in [0.29, 0.717) is 92.5 Å². The van der Waals surface area contributed by atoms with E-state index in [1.165, 1.54) is 0 Å². The van der Waals surface area contributed by atoms with E-state index in [1.807, 2.05) is 0 Å². The molecule has 0 saturated carbocycles. The molecule has 0 unspecified atom stereocenters. The molecular formula is C23H48O10Si. The zero-order chi connectivity index (χ0) is 25.5. The summed E-state index contributed by atoms with van der Waals surface area (Å²) < 4.78 is 43.7. The van der Waals surface area contributed by atoms with Crippen LogP contribution < -0.4 is 0 Å². The number of rotatable bonds is 25. The van der Waals surface area contributed by atoms with Crippen LogP contribution in [0.2, 0.25) is 18.1 Å². The first-order valence-corrected chi connectivity index (χ1v) is 15.0. The topological polar surface area (TPSA) is 111 Å². The van der Waals surface area contributed by atoms with Gasteiger partial charge in [0, 0.05) is 0 Å². The summed E-state index contributed by atoms with van der Waals surface area (Å²) in [5.41, 5.74) is 0. The minimum atomic E-state index is -1.69. The van der Waals surface area contributed by atoms with Crippen LogP contribution in [0.15, 0.2) is 0 Å². The molecule has 0 aliphatic heterocycles. The van der Waals surface area contributed by atoms with Crippen LogP contribution in [0.1, 0.15) is 27.2 Å². The average molecular weight is 513 g/mol. The molecule has 0 spiro atoms. The number of hydrogen-bond donors (Lipinski definition) is 1. The molecule has 0 atom stereocenters. The molecule has 0 saturated heterocycles. The Morgan fingerprint density at radius 3 is 1.09 bits per heavy atom. The Kier molecular flexibility index (Phi) is 21.2. The smallest absolute Gasteiger partial charge is 0.305 e. The van der Waals surface area contributed by atoms with Gasteiger partial charge in [-0.2, -0.15) is 0 Å². The van der Waals surface area contributed by atoms with Gasteiger partial charge in [0.05, 0.1) is 106 Å². The SMILES string of the molecule is CC(C)(C)[Si](C)(C)OCCOCCOCCOCCOCCOCCOCCOCCC(=O)O. The number of carboxylic acid groups (broad SMARTS) is 1. The number of carbonyl (C=O) groups is 1. The second-order valence-corrected chi connectivity index (χ2v) is 13.8. The van der Waals surface area contributed by atoms with Crippen molar-refractivity contribution in [3.05, 3.63) is 0 Å². The zero-order valence-corrected chi connectivity index (χ0v) is 22.9. The Morgan fingerprint density at radius 1 is 0.559 bits per heavy atom. The van der Waals surface area contributed by atoms with Gasteiger partial charge in [-0.1, -0.05) is 20.8 Å². The lowest BCUT2D eigenvalue weighted by Gasteiger charge is -2.36. The molecule has 0 aromatic carbocycles. The van der Waals surface area contributed by atoms with E-state index in [1.54, 1.807) is 0 Å². The Labute approximate surface area is 206 Å². The van der Waals surface area contributed by atoms with Gasteiger partial charge in [-0.3, -0.25) is 4.79 Å². The lowest BCUT2D eigenvalue weighted by atomic mass is 10.2. The van der Waals surface area contributed by atoms with E-state index in [2.05, 4.69) is 33.9 Å². The quantitative estimate of drug-likeness (QED) is 0.145. The van der Waals surface area contributed by atoms with E-state index in [4.69, 9.17) is 42.7 Å². The summed E-state index contributed by atoms with van der Waals surface area (Å²) in [5, 5.41) is 8.68. The molecule has 0 aromatic rings. The van der Waals surface area contributed by atoms with Gasteiger partial charge in [0.15, 0.2) is 8.32 Å². The van der Waals surface area contributed by atoms with Crippen molar-refractivity contribution in [2.75, 3.05) is 99.1 Å². The summed E-state index contributed by atoms with van der Waals surface area (Å²) in [4.78, 5) is 10.3. The first-order chi connectivity index (χ1) is 16.2. The standard InChI is InChI=1S/C23H48O10Si/c1-23(2,3)34(4,5)33-21-20-32-19-18-31-17-16-30-15-14-29-13-12-28-11-10-27-9-8-26-7-6-22(24)25/h6-21H2,1-5H3,(H,24,25). The summed E-state index contributed by atoms with van der Waals surface area (Å²) in [6.07, 6.45) is 0.00592. The summed E-state index contributed by atoms with van der Waals surface area (Å²) in [6, 6.07) is 0. The average Bonchev–Trinajstić information content (AvgIpc) is 2.75. The lowest BCUT2D eigenvalue weighted by Crippen LogP contribution is -2.41. The molecule has 204 valence electrons. The van der Waals surface area contributed by atoms with Crippen LogP contribution in [-0.2, 0) is 42.4 Å². The summed E-state index contributed by atoms with van der Waals surface area (Å²) in [7, 11) is -1.69. The normalized spacial score (nSPS) is 12.4. The maximum Gasteiger partial charge on any atom is 0.305 e. The van der Waals surface area contributed by atoms with Gasteiger partial charge in [0.25, 0.3) is 0 Å². The molecule has 0 aliphatic carbocycles. The number of carboxylic acids is 1. The van der Waals surface area contributed by atoms with E-state index < -0.39 is 14.3 Å². The second-order valence-electron chi connectivity index (χ2n) is 9.04. The Bertz CT molecular complexity index is 471.